The number of aromatic carboxylic acids is 1. The van der Waals surface area contributed by atoms with Crippen molar-refractivity contribution >= 4 is 28.3 Å². The first-order chi connectivity index (χ1) is 8.00. The molecule has 0 saturated heterocycles. The number of nitrogens with one attached hydrogen (secondary N) is 1. The van der Waals surface area contributed by atoms with Crippen LogP contribution in [-0.2, 0) is 10.8 Å². The molecular weight excluding hydrogens is 242 g/mol. The SMILES string of the molecule is CS(=O)CCCNc1cc(C(=O)O)c(N)cn1. The van der Waals surface area contributed by atoms with Crippen LogP contribution in [-0.4, -0.2) is 38.8 Å². The number of nitrogen functional groups attached to an aromatic ring is 1. The molecule has 0 amide bonds. The summed E-state index contributed by atoms with van der Waals surface area (Å²) in [6.07, 6.45) is 3.69. The Morgan fingerprint density at radius 3 is 2.94 bits per heavy atom. The van der Waals surface area contributed by atoms with Gasteiger partial charge in [0.15, 0.2) is 0 Å². The number of nitrogens with two attached hydrogens (primary N) is 1. The van der Waals surface area contributed by atoms with Crippen molar-refractivity contribution in [1.29, 1.82) is 0 Å². The molecule has 0 aliphatic carbocycles. The number of aromatic nitrogens is 1. The number of hydrogen-bond donors (Lipinski definition) is 3. The summed E-state index contributed by atoms with van der Waals surface area (Å²) in [4.78, 5) is 14.8. The van der Waals surface area contributed by atoms with Crippen LogP contribution in [0.4, 0.5) is 11.5 Å². The monoisotopic (exact) mass is 257 g/mol. The second kappa shape index (κ2) is 6.19. The number of anilines is 2. The van der Waals surface area contributed by atoms with Gasteiger partial charge in [-0.05, 0) is 12.5 Å². The van der Waals surface area contributed by atoms with Crippen LogP contribution in [0.25, 0.3) is 0 Å². The standard InChI is InChI=1S/C10H15N3O3S/c1-17(16)4-2-3-12-9-5-7(10(14)15)8(11)6-13-9/h5-6H,2-4,11H2,1H3,(H,12,13)(H,14,15). The fourth-order valence-electron chi connectivity index (χ4n) is 1.24. The third-order valence-corrected chi connectivity index (χ3v) is 2.94. The molecule has 0 radical (unpaired) electrons. The quantitative estimate of drug-likeness (QED) is 0.642. The summed E-state index contributed by atoms with van der Waals surface area (Å²) in [6.45, 7) is 0.593. The maximum Gasteiger partial charge on any atom is 0.337 e. The minimum absolute atomic E-state index is 0.0292. The third-order valence-electron chi connectivity index (χ3n) is 2.08. The van der Waals surface area contributed by atoms with E-state index in [0.717, 1.165) is 6.42 Å². The van der Waals surface area contributed by atoms with E-state index in [4.69, 9.17) is 10.8 Å². The Balaban J connectivity index is 2.57. The third kappa shape index (κ3) is 4.39. The van der Waals surface area contributed by atoms with Crippen LogP contribution in [0, 0.1) is 0 Å². The second-order valence-electron chi connectivity index (χ2n) is 3.52. The molecule has 0 aliphatic heterocycles. The van der Waals surface area contributed by atoms with Crippen molar-refractivity contribution in [3.63, 3.8) is 0 Å². The number of hydrogen-bond acceptors (Lipinski definition) is 5. The summed E-state index contributed by atoms with van der Waals surface area (Å²) in [6, 6.07) is 1.39. The molecule has 0 aromatic carbocycles. The molecular formula is C10H15N3O3S. The zero-order valence-electron chi connectivity index (χ0n) is 9.47. The summed E-state index contributed by atoms with van der Waals surface area (Å²) in [5, 5.41) is 11.8. The Bertz CT molecular complexity index is 437. The molecule has 0 bridgehead atoms. The number of carbonyl (C=O) groups is 1. The van der Waals surface area contributed by atoms with Gasteiger partial charge >= 0.3 is 5.97 Å². The molecule has 0 fully saturated rings. The molecule has 7 heteroatoms. The molecule has 0 saturated carbocycles. The van der Waals surface area contributed by atoms with Gasteiger partial charge < -0.3 is 16.2 Å². The van der Waals surface area contributed by atoms with E-state index in [0.29, 0.717) is 18.1 Å². The Morgan fingerprint density at radius 2 is 2.35 bits per heavy atom. The molecule has 1 atom stereocenters. The van der Waals surface area contributed by atoms with Crippen molar-refractivity contribution < 1.29 is 14.1 Å². The van der Waals surface area contributed by atoms with Crippen molar-refractivity contribution in [1.82, 2.24) is 4.98 Å². The highest BCUT2D eigenvalue weighted by atomic mass is 32.2. The Hall–Kier alpha value is -1.63. The van der Waals surface area contributed by atoms with Crippen LogP contribution < -0.4 is 11.1 Å². The van der Waals surface area contributed by atoms with Crippen molar-refractivity contribution in [2.45, 2.75) is 6.42 Å². The fraction of sp³-hybridized carbons (Fsp3) is 0.400. The van der Waals surface area contributed by atoms with Gasteiger partial charge in [-0.25, -0.2) is 9.78 Å². The molecule has 94 valence electrons. The van der Waals surface area contributed by atoms with Crippen LogP contribution in [0.2, 0.25) is 0 Å². The molecule has 1 rings (SSSR count). The first-order valence-electron chi connectivity index (χ1n) is 5.03. The first kappa shape index (κ1) is 13.4. The molecule has 1 aromatic heterocycles. The number of carboxylic acid groups (broad SMARTS) is 1. The lowest BCUT2D eigenvalue weighted by Gasteiger charge is -2.07. The van der Waals surface area contributed by atoms with E-state index in [1.165, 1.54) is 12.3 Å². The molecule has 17 heavy (non-hydrogen) atoms. The minimum atomic E-state index is -1.08. The topological polar surface area (TPSA) is 105 Å². The maximum absolute atomic E-state index is 10.8. The average molecular weight is 257 g/mol. The normalized spacial score (nSPS) is 12.1. The number of nitrogens with zero attached hydrogens (tertiary/aromatic N) is 1. The maximum atomic E-state index is 10.8. The number of rotatable bonds is 6. The molecule has 1 aromatic rings. The van der Waals surface area contributed by atoms with Crippen molar-refractivity contribution in [3.8, 4) is 0 Å². The lowest BCUT2D eigenvalue weighted by molar-refractivity contribution is 0.0698. The lowest BCUT2D eigenvalue weighted by atomic mass is 10.2. The molecule has 4 N–H and O–H groups in total. The van der Waals surface area contributed by atoms with E-state index in [2.05, 4.69) is 10.3 Å². The van der Waals surface area contributed by atoms with Gasteiger partial charge in [0.25, 0.3) is 0 Å². The van der Waals surface area contributed by atoms with E-state index in [1.807, 2.05) is 0 Å². The highest BCUT2D eigenvalue weighted by Crippen LogP contribution is 2.14. The van der Waals surface area contributed by atoms with Gasteiger partial charge in [-0.2, -0.15) is 0 Å². The highest BCUT2D eigenvalue weighted by Gasteiger charge is 2.09. The molecule has 6 nitrogen and oxygen atoms in total. The van der Waals surface area contributed by atoms with Crippen LogP contribution in [0.3, 0.4) is 0 Å². The van der Waals surface area contributed by atoms with Gasteiger partial charge in [-0.15, -0.1) is 0 Å². The summed E-state index contributed by atoms with van der Waals surface area (Å²) in [5.41, 5.74) is 5.64. The lowest BCUT2D eigenvalue weighted by Crippen LogP contribution is -2.09. The van der Waals surface area contributed by atoms with Crippen LogP contribution >= 0.6 is 0 Å². The van der Waals surface area contributed by atoms with Gasteiger partial charge in [0, 0.05) is 29.4 Å². The largest absolute Gasteiger partial charge is 0.478 e. The van der Waals surface area contributed by atoms with Gasteiger partial charge in [-0.1, -0.05) is 0 Å². The zero-order chi connectivity index (χ0) is 12.8. The summed E-state index contributed by atoms with van der Waals surface area (Å²) >= 11 is 0. The predicted octanol–water partition coefficient (Wildman–Crippen LogP) is 0.542. The van der Waals surface area contributed by atoms with Gasteiger partial charge in [-0.3, -0.25) is 4.21 Å². The fourth-order valence-corrected chi connectivity index (χ4v) is 1.79. The molecule has 0 aliphatic rings. The highest BCUT2D eigenvalue weighted by molar-refractivity contribution is 7.84. The van der Waals surface area contributed by atoms with E-state index < -0.39 is 16.8 Å². The zero-order valence-corrected chi connectivity index (χ0v) is 10.3. The Kier molecular flexibility index (Phi) is 4.89. The Morgan fingerprint density at radius 1 is 1.65 bits per heavy atom. The Labute approximate surface area is 102 Å². The van der Waals surface area contributed by atoms with E-state index in [9.17, 15) is 9.00 Å². The van der Waals surface area contributed by atoms with Crippen LogP contribution in [0.5, 0.6) is 0 Å². The van der Waals surface area contributed by atoms with Crippen LogP contribution in [0.1, 0.15) is 16.8 Å². The molecule has 1 unspecified atom stereocenters. The second-order valence-corrected chi connectivity index (χ2v) is 5.07. The van der Waals surface area contributed by atoms with Gasteiger partial charge in [0.2, 0.25) is 0 Å². The summed E-state index contributed by atoms with van der Waals surface area (Å²) < 4.78 is 10.8. The summed E-state index contributed by atoms with van der Waals surface area (Å²) in [7, 11) is -0.813. The van der Waals surface area contributed by atoms with Crippen molar-refractivity contribution in [2.24, 2.45) is 0 Å². The first-order valence-corrected chi connectivity index (χ1v) is 6.76. The minimum Gasteiger partial charge on any atom is -0.478 e. The predicted molar refractivity (Wildman–Crippen MR) is 67.6 cm³/mol. The van der Waals surface area contributed by atoms with Gasteiger partial charge in [0.05, 0.1) is 17.4 Å². The van der Waals surface area contributed by atoms with E-state index >= 15 is 0 Å². The average Bonchev–Trinajstić information content (AvgIpc) is 2.25. The van der Waals surface area contributed by atoms with Gasteiger partial charge in [0.1, 0.15) is 5.82 Å². The van der Waals surface area contributed by atoms with Crippen molar-refractivity contribution in [2.75, 3.05) is 29.6 Å². The summed E-state index contributed by atoms with van der Waals surface area (Å²) in [5.74, 6) is -0.0191. The number of pyridine rings is 1. The van der Waals surface area contributed by atoms with E-state index in [-0.39, 0.29) is 11.3 Å². The smallest absolute Gasteiger partial charge is 0.337 e. The molecule has 0 spiro atoms. The number of carboxylic acids is 1. The molecule has 1 heterocycles. The van der Waals surface area contributed by atoms with E-state index in [1.54, 1.807) is 6.26 Å². The van der Waals surface area contributed by atoms with Crippen LogP contribution in [0.15, 0.2) is 12.3 Å². The van der Waals surface area contributed by atoms with Crippen molar-refractivity contribution in [3.05, 3.63) is 17.8 Å².